The molecule has 8 heteroatoms. The van der Waals surface area contributed by atoms with Crippen molar-refractivity contribution in [2.24, 2.45) is 5.92 Å². The lowest BCUT2D eigenvalue weighted by Crippen LogP contribution is -2.53. The molecule has 2 N–H and O–H groups in total. The van der Waals surface area contributed by atoms with Crippen molar-refractivity contribution in [1.82, 2.24) is 15.1 Å². The number of nitrogens with zero attached hydrogens (tertiary/aromatic N) is 2. The Morgan fingerprint density at radius 3 is 2.08 bits per heavy atom. The molecule has 38 heavy (non-hydrogen) atoms. The summed E-state index contributed by atoms with van der Waals surface area (Å²) in [4.78, 5) is 53.8. The van der Waals surface area contributed by atoms with Gasteiger partial charge in [0.25, 0.3) is 5.91 Å². The molecular formula is C30H37N3O5. The first-order chi connectivity index (χ1) is 17.9. The Hall–Kier alpha value is -3.94. The van der Waals surface area contributed by atoms with Crippen molar-refractivity contribution >= 4 is 36.0 Å². The maximum atomic E-state index is 13.6. The highest BCUT2D eigenvalue weighted by Crippen LogP contribution is 2.32. The smallest absolute Gasteiger partial charge is 0.328 e. The van der Waals surface area contributed by atoms with Crippen molar-refractivity contribution < 1.29 is 24.3 Å². The molecule has 0 bridgehead atoms. The van der Waals surface area contributed by atoms with Gasteiger partial charge >= 0.3 is 12.0 Å². The summed E-state index contributed by atoms with van der Waals surface area (Å²) in [7, 11) is 0. The molecule has 0 radical (unpaired) electrons. The number of hydrogen-bond donors (Lipinski definition) is 2. The number of carbonyl (C=O) groups is 4. The van der Waals surface area contributed by atoms with Gasteiger partial charge in [-0.25, -0.2) is 9.69 Å². The predicted molar refractivity (Wildman–Crippen MR) is 147 cm³/mol. The van der Waals surface area contributed by atoms with Crippen LogP contribution in [0.4, 0.5) is 4.79 Å². The number of benzene rings is 2. The Bertz CT molecular complexity index is 1190. The Labute approximate surface area is 224 Å². The predicted octanol–water partition coefficient (Wildman–Crippen LogP) is 4.79. The Morgan fingerprint density at radius 1 is 0.947 bits per heavy atom. The summed E-state index contributed by atoms with van der Waals surface area (Å²) in [5.74, 6) is -1.99. The summed E-state index contributed by atoms with van der Waals surface area (Å²) < 4.78 is 0. The molecule has 4 amide bonds. The fourth-order valence-corrected chi connectivity index (χ4v) is 4.51. The molecular weight excluding hydrogens is 482 g/mol. The average Bonchev–Trinajstić information content (AvgIpc) is 3.01. The zero-order chi connectivity index (χ0) is 28.0. The minimum Gasteiger partial charge on any atom is -0.481 e. The van der Waals surface area contributed by atoms with E-state index in [1.807, 2.05) is 80.6 Å². The Balaban J connectivity index is 1.78. The van der Waals surface area contributed by atoms with Crippen molar-refractivity contribution in [2.45, 2.75) is 71.6 Å². The third-order valence-corrected chi connectivity index (χ3v) is 6.62. The molecule has 2 aromatic rings. The fraction of sp³-hybridized carbons (Fsp3) is 0.400. The van der Waals surface area contributed by atoms with Crippen LogP contribution < -0.4 is 5.32 Å². The fourth-order valence-electron chi connectivity index (χ4n) is 4.51. The van der Waals surface area contributed by atoms with E-state index in [9.17, 15) is 19.2 Å². The molecule has 0 saturated carbocycles. The van der Waals surface area contributed by atoms with Crippen LogP contribution in [-0.2, 0) is 20.9 Å². The molecule has 202 valence electrons. The van der Waals surface area contributed by atoms with Crippen molar-refractivity contribution in [1.29, 1.82) is 0 Å². The van der Waals surface area contributed by atoms with Gasteiger partial charge in [-0.2, -0.15) is 0 Å². The first-order valence-electron chi connectivity index (χ1n) is 12.9. The van der Waals surface area contributed by atoms with Crippen LogP contribution in [0, 0.1) is 5.92 Å². The van der Waals surface area contributed by atoms with Crippen LogP contribution in [0.3, 0.4) is 0 Å². The van der Waals surface area contributed by atoms with E-state index >= 15 is 0 Å². The second kappa shape index (κ2) is 12.1. The molecule has 1 aliphatic heterocycles. The van der Waals surface area contributed by atoms with Gasteiger partial charge in [0.15, 0.2) is 0 Å². The number of hydrogen-bond acceptors (Lipinski definition) is 4. The first kappa shape index (κ1) is 28.6. The molecule has 1 aliphatic rings. The van der Waals surface area contributed by atoms with Gasteiger partial charge in [-0.15, -0.1) is 0 Å². The van der Waals surface area contributed by atoms with Crippen LogP contribution in [0.1, 0.15) is 64.2 Å². The standard InChI is InChI=1S/C30H37N3O5/c1-20(2)17-25(27(36)31-21(3)18-26(34)35)33-28(37)30(4,5)32(29(33)38)19-24-15-13-23(14-16-24)12-11-22-9-7-6-8-10-22/h6-16,20-21,25H,17-19H2,1-5H3,(H,31,36)(H,34,35)/b12-11+/t21-,25-/m1/s1. The molecule has 3 rings (SSSR count). The van der Waals surface area contributed by atoms with Crippen LogP contribution >= 0.6 is 0 Å². The van der Waals surface area contributed by atoms with E-state index in [-0.39, 0.29) is 25.3 Å². The highest BCUT2D eigenvalue weighted by atomic mass is 16.4. The van der Waals surface area contributed by atoms with Crippen LogP contribution in [0.15, 0.2) is 54.6 Å². The van der Waals surface area contributed by atoms with Crippen LogP contribution in [-0.4, -0.2) is 56.3 Å². The molecule has 0 aliphatic carbocycles. The van der Waals surface area contributed by atoms with Gasteiger partial charge in [-0.3, -0.25) is 14.4 Å². The van der Waals surface area contributed by atoms with E-state index < -0.39 is 41.4 Å². The number of urea groups is 1. The topological polar surface area (TPSA) is 107 Å². The molecule has 8 nitrogen and oxygen atoms in total. The normalized spacial score (nSPS) is 16.8. The lowest BCUT2D eigenvalue weighted by atomic mass is 9.99. The number of carbonyl (C=O) groups excluding carboxylic acids is 3. The number of imide groups is 1. The number of rotatable bonds is 11. The van der Waals surface area contributed by atoms with E-state index in [4.69, 9.17) is 5.11 Å². The van der Waals surface area contributed by atoms with Crippen LogP contribution in [0.5, 0.6) is 0 Å². The summed E-state index contributed by atoms with van der Waals surface area (Å²) in [6, 6.07) is 15.5. The largest absolute Gasteiger partial charge is 0.481 e. The second-order valence-electron chi connectivity index (χ2n) is 10.7. The molecule has 1 saturated heterocycles. The lowest BCUT2D eigenvalue weighted by molar-refractivity contribution is -0.140. The number of carboxylic acids is 1. The maximum absolute atomic E-state index is 13.6. The summed E-state index contributed by atoms with van der Waals surface area (Å²) >= 11 is 0. The molecule has 2 aromatic carbocycles. The van der Waals surface area contributed by atoms with Gasteiger partial charge in [0.2, 0.25) is 5.91 Å². The molecule has 1 heterocycles. The molecule has 1 fully saturated rings. The molecule has 2 atom stereocenters. The van der Waals surface area contributed by atoms with E-state index in [0.717, 1.165) is 21.6 Å². The number of nitrogens with one attached hydrogen (secondary N) is 1. The summed E-state index contributed by atoms with van der Waals surface area (Å²) in [6.45, 7) is 8.97. The van der Waals surface area contributed by atoms with Crippen LogP contribution in [0.2, 0.25) is 0 Å². The van der Waals surface area contributed by atoms with Gasteiger partial charge in [0.1, 0.15) is 11.6 Å². The molecule has 0 unspecified atom stereocenters. The van der Waals surface area contributed by atoms with Crippen LogP contribution in [0.25, 0.3) is 12.2 Å². The van der Waals surface area contributed by atoms with Gasteiger partial charge < -0.3 is 15.3 Å². The third-order valence-electron chi connectivity index (χ3n) is 6.62. The first-order valence-corrected chi connectivity index (χ1v) is 12.9. The van der Waals surface area contributed by atoms with Crippen molar-refractivity contribution in [2.75, 3.05) is 0 Å². The molecule has 0 spiro atoms. The highest BCUT2D eigenvalue weighted by Gasteiger charge is 2.54. The van der Waals surface area contributed by atoms with Gasteiger partial charge in [0.05, 0.1) is 6.42 Å². The number of amides is 4. The van der Waals surface area contributed by atoms with Gasteiger partial charge in [-0.1, -0.05) is 80.6 Å². The summed E-state index contributed by atoms with van der Waals surface area (Å²) in [6.07, 6.45) is 4.05. The zero-order valence-corrected chi connectivity index (χ0v) is 22.7. The summed E-state index contributed by atoms with van der Waals surface area (Å²) in [5, 5.41) is 11.7. The monoisotopic (exact) mass is 519 g/mol. The van der Waals surface area contributed by atoms with Crippen molar-refractivity contribution in [3.05, 3.63) is 71.3 Å². The number of aliphatic carboxylic acids is 1. The van der Waals surface area contributed by atoms with E-state index in [1.54, 1.807) is 20.8 Å². The SMILES string of the molecule is CC(C)C[C@H](C(=O)N[C@H](C)CC(=O)O)N1C(=O)N(Cc2ccc(/C=C/c3ccccc3)cc2)C(C)(C)C1=O. The van der Waals surface area contributed by atoms with Crippen molar-refractivity contribution in [3.8, 4) is 0 Å². The van der Waals surface area contributed by atoms with E-state index in [1.165, 1.54) is 4.90 Å². The highest BCUT2D eigenvalue weighted by molar-refractivity contribution is 6.09. The zero-order valence-electron chi connectivity index (χ0n) is 22.7. The average molecular weight is 520 g/mol. The third kappa shape index (κ3) is 6.88. The number of carboxylic acid groups (broad SMARTS) is 1. The van der Waals surface area contributed by atoms with Gasteiger partial charge in [0, 0.05) is 12.6 Å². The Kier molecular flexibility index (Phi) is 9.09. The Morgan fingerprint density at radius 2 is 1.53 bits per heavy atom. The quantitative estimate of drug-likeness (QED) is 0.328. The molecule has 0 aromatic heterocycles. The lowest BCUT2D eigenvalue weighted by Gasteiger charge is -2.28. The van der Waals surface area contributed by atoms with Crippen molar-refractivity contribution in [3.63, 3.8) is 0 Å². The van der Waals surface area contributed by atoms with E-state index in [2.05, 4.69) is 5.32 Å². The summed E-state index contributed by atoms with van der Waals surface area (Å²) in [5.41, 5.74) is 1.81. The van der Waals surface area contributed by atoms with E-state index in [0.29, 0.717) is 0 Å². The minimum absolute atomic E-state index is 0.0229. The van der Waals surface area contributed by atoms with Gasteiger partial charge in [-0.05, 0) is 49.8 Å². The second-order valence-corrected chi connectivity index (χ2v) is 10.7. The minimum atomic E-state index is -1.15. The maximum Gasteiger partial charge on any atom is 0.328 e.